The van der Waals surface area contributed by atoms with Gasteiger partial charge >= 0.3 is 0 Å². The Labute approximate surface area is 139 Å². The van der Waals surface area contributed by atoms with Gasteiger partial charge in [0, 0.05) is 0 Å². The highest BCUT2D eigenvalue weighted by atomic mass is 14.4. The van der Waals surface area contributed by atoms with E-state index >= 15 is 0 Å². The minimum Gasteiger partial charge on any atom is -0.0651 e. The maximum Gasteiger partial charge on any atom is -0.0360 e. The summed E-state index contributed by atoms with van der Waals surface area (Å²) in [5.74, 6) is 6.48. The van der Waals surface area contributed by atoms with Crippen LogP contribution in [0.15, 0.2) is 0 Å². The van der Waals surface area contributed by atoms with Gasteiger partial charge < -0.3 is 0 Å². The van der Waals surface area contributed by atoms with E-state index in [1.165, 1.54) is 38.5 Å². The van der Waals surface area contributed by atoms with E-state index in [4.69, 9.17) is 0 Å². The van der Waals surface area contributed by atoms with Crippen molar-refractivity contribution in [3.8, 4) is 0 Å². The molecule has 0 heteroatoms. The molecule has 0 spiro atoms. The molecular weight excluding hydrogens is 264 g/mol. The lowest BCUT2D eigenvalue weighted by Crippen LogP contribution is -2.31. The molecule has 22 heavy (non-hydrogen) atoms. The third-order valence-corrected chi connectivity index (χ3v) is 7.88. The van der Waals surface area contributed by atoms with Crippen molar-refractivity contribution in [3.05, 3.63) is 0 Å². The fraction of sp³-hybridized carbons (Fsp3) is 1.00. The first-order chi connectivity index (χ1) is 10.8. The van der Waals surface area contributed by atoms with E-state index in [0.717, 1.165) is 35.5 Å². The predicted octanol–water partition coefficient (Wildman–Crippen LogP) is 7.23. The van der Waals surface area contributed by atoms with Gasteiger partial charge in [0.25, 0.3) is 0 Å². The van der Waals surface area contributed by atoms with Crippen LogP contribution in [0.4, 0.5) is 0 Å². The van der Waals surface area contributed by atoms with Crippen LogP contribution in [0, 0.1) is 35.5 Å². The van der Waals surface area contributed by atoms with Gasteiger partial charge in [-0.05, 0) is 74.0 Å². The first kappa shape index (κ1) is 16.8. The Morgan fingerprint density at radius 3 is 1.68 bits per heavy atom. The van der Waals surface area contributed by atoms with Crippen molar-refractivity contribution in [1.82, 2.24) is 0 Å². The summed E-state index contributed by atoms with van der Waals surface area (Å²) in [6, 6.07) is 0. The Kier molecular flexibility index (Phi) is 6.28. The predicted molar refractivity (Wildman–Crippen MR) is 96.9 cm³/mol. The summed E-state index contributed by atoms with van der Waals surface area (Å²) in [5.41, 5.74) is 0. The summed E-state index contributed by atoms with van der Waals surface area (Å²) in [5, 5.41) is 0. The maximum atomic E-state index is 2.48. The molecule has 0 nitrogen and oxygen atoms in total. The molecule has 0 aliphatic heterocycles. The zero-order valence-corrected chi connectivity index (χ0v) is 15.4. The largest absolute Gasteiger partial charge is 0.0651 e. The van der Waals surface area contributed by atoms with E-state index in [0.29, 0.717) is 0 Å². The molecule has 3 rings (SSSR count). The van der Waals surface area contributed by atoms with Crippen molar-refractivity contribution in [2.45, 2.75) is 104 Å². The molecule has 0 N–H and O–H groups in total. The summed E-state index contributed by atoms with van der Waals surface area (Å²) in [4.78, 5) is 0. The topological polar surface area (TPSA) is 0 Å². The molecule has 3 fully saturated rings. The summed E-state index contributed by atoms with van der Waals surface area (Å²) in [7, 11) is 0. The molecule has 1 atom stereocenters. The number of hydrogen-bond donors (Lipinski definition) is 0. The van der Waals surface area contributed by atoms with Crippen LogP contribution in [0.5, 0.6) is 0 Å². The highest BCUT2D eigenvalue weighted by Crippen LogP contribution is 2.46. The van der Waals surface area contributed by atoms with Crippen molar-refractivity contribution in [3.63, 3.8) is 0 Å². The standard InChI is InChI=1S/C22H40/c1-3-22(20-7-5-4-6-8-20)21-15-13-19(14-16-21)18-11-9-17(2)10-12-18/h17-22H,3-16H2,1-2H3. The van der Waals surface area contributed by atoms with Crippen LogP contribution in [0.2, 0.25) is 0 Å². The molecule has 0 heterocycles. The van der Waals surface area contributed by atoms with E-state index in [9.17, 15) is 0 Å². The van der Waals surface area contributed by atoms with E-state index < -0.39 is 0 Å². The van der Waals surface area contributed by atoms with Crippen LogP contribution in [-0.2, 0) is 0 Å². The lowest BCUT2D eigenvalue weighted by Gasteiger charge is -2.42. The van der Waals surface area contributed by atoms with Crippen molar-refractivity contribution in [2.75, 3.05) is 0 Å². The van der Waals surface area contributed by atoms with Crippen molar-refractivity contribution < 1.29 is 0 Å². The Morgan fingerprint density at radius 2 is 1.14 bits per heavy atom. The minimum absolute atomic E-state index is 1.02. The van der Waals surface area contributed by atoms with Gasteiger partial charge in [-0.25, -0.2) is 0 Å². The van der Waals surface area contributed by atoms with E-state index in [1.807, 2.05) is 0 Å². The fourth-order valence-electron chi connectivity index (χ4n) is 6.42. The van der Waals surface area contributed by atoms with E-state index in [-0.39, 0.29) is 0 Å². The molecule has 0 amide bonds. The van der Waals surface area contributed by atoms with Gasteiger partial charge in [-0.1, -0.05) is 65.2 Å². The van der Waals surface area contributed by atoms with Gasteiger partial charge in [-0.2, -0.15) is 0 Å². The first-order valence-corrected chi connectivity index (χ1v) is 10.8. The molecule has 3 saturated carbocycles. The van der Waals surface area contributed by atoms with Gasteiger partial charge in [0.2, 0.25) is 0 Å². The van der Waals surface area contributed by atoms with Crippen LogP contribution in [-0.4, -0.2) is 0 Å². The maximum absolute atomic E-state index is 2.48. The molecule has 0 aromatic rings. The lowest BCUT2D eigenvalue weighted by molar-refractivity contribution is 0.0921. The molecule has 0 aromatic carbocycles. The molecule has 1 unspecified atom stereocenters. The highest BCUT2D eigenvalue weighted by molar-refractivity contribution is 4.86. The second-order valence-electron chi connectivity index (χ2n) is 9.17. The molecule has 0 saturated heterocycles. The van der Waals surface area contributed by atoms with Gasteiger partial charge in [-0.15, -0.1) is 0 Å². The highest BCUT2D eigenvalue weighted by Gasteiger charge is 2.35. The molecule has 0 bridgehead atoms. The molecule has 3 aliphatic carbocycles. The third kappa shape index (κ3) is 4.09. The third-order valence-electron chi connectivity index (χ3n) is 7.88. The van der Waals surface area contributed by atoms with Crippen LogP contribution in [0.1, 0.15) is 104 Å². The van der Waals surface area contributed by atoms with Crippen LogP contribution >= 0.6 is 0 Å². The quantitative estimate of drug-likeness (QED) is 0.514. The van der Waals surface area contributed by atoms with Gasteiger partial charge in [0.15, 0.2) is 0 Å². The number of rotatable bonds is 4. The molecule has 3 aliphatic rings. The first-order valence-electron chi connectivity index (χ1n) is 10.8. The summed E-state index contributed by atoms with van der Waals surface area (Å²) >= 11 is 0. The zero-order valence-electron chi connectivity index (χ0n) is 15.4. The van der Waals surface area contributed by atoms with Gasteiger partial charge in [0.1, 0.15) is 0 Å². The smallest absolute Gasteiger partial charge is 0.0360 e. The second-order valence-corrected chi connectivity index (χ2v) is 9.17. The molecular formula is C22H40. The Balaban J connectivity index is 1.47. The summed E-state index contributed by atoms with van der Waals surface area (Å²) < 4.78 is 0. The Bertz CT molecular complexity index is 298. The summed E-state index contributed by atoms with van der Waals surface area (Å²) in [6.45, 7) is 4.94. The van der Waals surface area contributed by atoms with Gasteiger partial charge in [0.05, 0.1) is 0 Å². The Hall–Kier alpha value is 0. The minimum atomic E-state index is 1.02. The van der Waals surface area contributed by atoms with Crippen LogP contribution in [0.3, 0.4) is 0 Å². The molecule has 0 radical (unpaired) electrons. The summed E-state index contributed by atoms with van der Waals surface area (Å²) in [6.07, 6.45) is 21.6. The normalized spacial score (nSPS) is 39.5. The number of hydrogen-bond acceptors (Lipinski definition) is 0. The monoisotopic (exact) mass is 304 g/mol. The zero-order chi connectivity index (χ0) is 15.4. The van der Waals surface area contributed by atoms with Crippen LogP contribution in [0.25, 0.3) is 0 Å². The second kappa shape index (κ2) is 8.20. The molecule has 128 valence electrons. The SMILES string of the molecule is CCC(C1CCCCC1)C1CCC(C2CCC(C)CC2)CC1. The van der Waals surface area contributed by atoms with Crippen molar-refractivity contribution >= 4 is 0 Å². The van der Waals surface area contributed by atoms with Crippen molar-refractivity contribution in [1.29, 1.82) is 0 Å². The fourth-order valence-corrected chi connectivity index (χ4v) is 6.42. The van der Waals surface area contributed by atoms with Crippen molar-refractivity contribution in [2.24, 2.45) is 35.5 Å². The average Bonchev–Trinajstić information content (AvgIpc) is 2.58. The van der Waals surface area contributed by atoms with E-state index in [1.54, 1.807) is 51.4 Å². The van der Waals surface area contributed by atoms with Gasteiger partial charge in [-0.3, -0.25) is 0 Å². The Morgan fingerprint density at radius 1 is 0.636 bits per heavy atom. The van der Waals surface area contributed by atoms with E-state index in [2.05, 4.69) is 13.8 Å². The van der Waals surface area contributed by atoms with Crippen LogP contribution < -0.4 is 0 Å². The average molecular weight is 305 g/mol. The molecule has 0 aromatic heterocycles. The lowest BCUT2D eigenvalue weighted by atomic mass is 9.64.